The van der Waals surface area contributed by atoms with Crippen molar-refractivity contribution in [1.29, 1.82) is 0 Å². The van der Waals surface area contributed by atoms with Gasteiger partial charge in [0.1, 0.15) is 5.82 Å². The third kappa shape index (κ3) is 4.22. The van der Waals surface area contributed by atoms with Crippen LogP contribution in [0, 0.1) is 20.8 Å². The molecular formula is C19H22N6O2. The molecule has 1 aromatic carbocycles. The van der Waals surface area contributed by atoms with Crippen LogP contribution in [-0.4, -0.2) is 25.8 Å². The fraction of sp³-hybridized carbons (Fsp3) is 0.263. The van der Waals surface area contributed by atoms with Crippen molar-refractivity contribution in [2.24, 2.45) is 0 Å². The zero-order chi connectivity index (χ0) is 19.6. The van der Waals surface area contributed by atoms with E-state index >= 15 is 0 Å². The van der Waals surface area contributed by atoms with E-state index in [2.05, 4.69) is 25.7 Å². The van der Waals surface area contributed by atoms with Crippen LogP contribution >= 0.6 is 0 Å². The van der Waals surface area contributed by atoms with E-state index in [1.165, 1.54) is 10.7 Å². The lowest BCUT2D eigenvalue weighted by Crippen LogP contribution is -2.23. The van der Waals surface area contributed by atoms with Gasteiger partial charge in [0, 0.05) is 23.5 Å². The first-order valence-electron chi connectivity index (χ1n) is 8.68. The second-order valence-corrected chi connectivity index (χ2v) is 6.37. The lowest BCUT2D eigenvalue weighted by Gasteiger charge is -2.11. The summed E-state index contributed by atoms with van der Waals surface area (Å²) >= 11 is 0. The van der Waals surface area contributed by atoms with Crippen molar-refractivity contribution in [1.82, 2.24) is 19.7 Å². The van der Waals surface area contributed by atoms with Gasteiger partial charge in [0.25, 0.3) is 5.56 Å². The van der Waals surface area contributed by atoms with Crippen LogP contribution in [0.4, 0.5) is 16.3 Å². The van der Waals surface area contributed by atoms with Crippen molar-refractivity contribution in [3.8, 4) is 5.95 Å². The topological polar surface area (TPSA) is 105 Å². The number of aromatic amines is 1. The maximum atomic E-state index is 12.4. The van der Waals surface area contributed by atoms with E-state index in [9.17, 15) is 9.59 Å². The first kappa shape index (κ1) is 18.4. The van der Waals surface area contributed by atoms with Crippen molar-refractivity contribution in [3.63, 3.8) is 0 Å². The van der Waals surface area contributed by atoms with E-state index in [4.69, 9.17) is 0 Å². The Labute approximate surface area is 156 Å². The normalized spacial score (nSPS) is 10.7. The number of urea groups is 1. The Morgan fingerprint density at radius 1 is 1.11 bits per heavy atom. The van der Waals surface area contributed by atoms with Gasteiger partial charge in [-0.05, 0) is 50.5 Å². The minimum absolute atomic E-state index is 0.258. The van der Waals surface area contributed by atoms with Gasteiger partial charge in [-0.25, -0.2) is 9.78 Å². The zero-order valence-electron chi connectivity index (χ0n) is 15.8. The third-order valence-corrected chi connectivity index (χ3v) is 4.18. The molecule has 3 aromatic rings. The number of benzene rings is 1. The smallest absolute Gasteiger partial charge is 0.308 e. The van der Waals surface area contributed by atoms with Crippen LogP contribution in [-0.2, 0) is 6.42 Å². The molecular weight excluding hydrogens is 344 g/mol. The number of carbonyl (C=O) groups is 1. The summed E-state index contributed by atoms with van der Waals surface area (Å²) in [7, 11) is 0. The summed E-state index contributed by atoms with van der Waals surface area (Å²) in [6.45, 7) is 7.71. The minimum atomic E-state index is -0.409. The van der Waals surface area contributed by atoms with Crippen LogP contribution in [0.2, 0.25) is 0 Å². The second kappa shape index (κ2) is 7.45. The molecule has 0 fully saturated rings. The molecule has 0 aliphatic rings. The molecule has 2 amide bonds. The van der Waals surface area contributed by atoms with Crippen LogP contribution in [0.1, 0.15) is 29.4 Å². The number of anilines is 2. The maximum absolute atomic E-state index is 12.4. The average Bonchev–Trinajstić information content (AvgIpc) is 2.97. The molecule has 0 unspecified atom stereocenters. The van der Waals surface area contributed by atoms with Crippen LogP contribution in [0.25, 0.3) is 5.95 Å². The Morgan fingerprint density at radius 3 is 2.59 bits per heavy atom. The quantitative estimate of drug-likeness (QED) is 0.660. The number of amides is 2. The SMILES string of the molecule is CCc1cc(=O)[nH]c(-n2nc(C)cc2NC(=O)Nc2ccc(C)c(C)c2)n1. The number of hydrogen-bond donors (Lipinski definition) is 3. The molecule has 0 aliphatic carbocycles. The predicted octanol–water partition coefficient (Wildman–Crippen LogP) is 3.09. The summed E-state index contributed by atoms with van der Waals surface area (Å²) < 4.78 is 1.41. The predicted molar refractivity (Wildman–Crippen MR) is 105 cm³/mol. The summed E-state index contributed by atoms with van der Waals surface area (Å²) in [6, 6.07) is 8.44. The number of aromatic nitrogens is 4. The van der Waals surface area contributed by atoms with Gasteiger partial charge in [-0.3, -0.25) is 15.1 Å². The van der Waals surface area contributed by atoms with E-state index in [0.717, 1.165) is 11.1 Å². The third-order valence-electron chi connectivity index (χ3n) is 4.18. The highest BCUT2D eigenvalue weighted by Gasteiger charge is 2.13. The van der Waals surface area contributed by atoms with Gasteiger partial charge < -0.3 is 5.32 Å². The molecule has 0 aliphatic heterocycles. The van der Waals surface area contributed by atoms with Gasteiger partial charge in [0.05, 0.1) is 5.69 Å². The van der Waals surface area contributed by atoms with Gasteiger partial charge in [0.2, 0.25) is 5.95 Å². The van der Waals surface area contributed by atoms with Gasteiger partial charge in [-0.15, -0.1) is 0 Å². The average molecular weight is 366 g/mol. The molecule has 8 heteroatoms. The Kier molecular flexibility index (Phi) is 5.07. The molecule has 8 nitrogen and oxygen atoms in total. The highest BCUT2D eigenvalue weighted by atomic mass is 16.2. The molecule has 0 radical (unpaired) electrons. The number of H-pyrrole nitrogens is 1. The number of rotatable bonds is 4. The lowest BCUT2D eigenvalue weighted by molar-refractivity contribution is 0.262. The molecule has 0 saturated carbocycles. The fourth-order valence-electron chi connectivity index (χ4n) is 2.62. The summed E-state index contributed by atoms with van der Waals surface area (Å²) in [5.74, 6) is 0.666. The molecule has 2 heterocycles. The van der Waals surface area contributed by atoms with Gasteiger partial charge >= 0.3 is 6.03 Å². The first-order chi connectivity index (χ1) is 12.9. The van der Waals surface area contributed by atoms with Crippen molar-refractivity contribution >= 4 is 17.5 Å². The minimum Gasteiger partial charge on any atom is -0.308 e. The lowest BCUT2D eigenvalue weighted by atomic mass is 10.1. The van der Waals surface area contributed by atoms with E-state index in [-0.39, 0.29) is 11.5 Å². The largest absolute Gasteiger partial charge is 0.324 e. The molecule has 3 rings (SSSR count). The highest BCUT2D eigenvalue weighted by Crippen LogP contribution is 2.17. The summed E-state index contributed by atoms with van der Waals surface area (Å²) in [5.41, 5.74) is 3.99. The number of carbonyl (C=O) groups excluding carboxylic acids is 1. The molecule has 140 valence electrons. The number of nitrogens with zero attached hydrogens (tertiary/aromatic N) is 3. The van der Waals surface area contributed by atoms with E-state index in [1.807, 2.05) is 39.0 Å². The van der Waals surface area contributed by atoms with Gasteiger partial charge in [-0.2, -0.15) is 9.78 Å². The van der Waals surface area contributed by atoms with Crippen LogP contribution in [0.15, 0.2) is 35.1 Å². The van der Waals surface area contributed by atoms with Gasteiger partial charge in [0.15, 0.2) is 0 Å². The molecule has 0 bridgehead atoms. The standard InChI is InChI=1S/C19H22N6O2/c1-5-14-10-17(26)23-18(20-14)25-16(9-13(4)24-25)22-19(27)21-15-7-6-11(2)12(3)8-15/h6-10H,5H2,1-4H3,(H,20,23,26)(H2,21,22,27). The Balaban J connectivity index is 1.85. The second-order valence-electron chi connectivity index (χ2n) is 6.37. The van der Waals surface area contributed by atoms with Crippen LogP contribution in [0.5, 0.6) is 0 Å². The Bertz CT molecular complexity index is 1050. The zero-order valence-corrected chi connectivity index (χ0v) is 15.8. The number of nitrogens with one attached hydrogen (secondary N) is 3. The molecule has 0 saturated heterocycles. The van der Waals surface area contributed by atoms with E-state index < -0.39 is 6.03 Å². The monoisotopic (exact) mass is 366 g/mol. The Morgan fingerprint density at radius 2 is 1.89 bits per heavy atom. The van der Waals surface area contributed by atoms with Crippen LogP contribution < -0.4 is 16.2 Å². The van der Waals surface area contributed by atoms with E-state index in [1.54, 1.807) is 13.0 Å². The molecule has 0 spiro atoms. The number of hydrogen-bond acceptors (Lipinski definition) is 4. The van der Waals surface area contributed by atoms with Crippen molar-refractivity contribution in [2.45, 2.75) is 34.1 Å². The summed E-state index contributed by atoms with van der Waals surface area (Å²) in [4.78, 5) is 31.3. The molecule has 3 N–H and O–H groups in total. The highest BCUT2D eigenvalue weighted by molar-refractivity contribution is 5.99. The van der Waals surface area contributed by atoms with Crippen molar-refractivity contribution in [3.05, 3.63) is 63.2 Å². The fourth-order valence-corrected chi connectivity index (χ4v) is 2.62. The maximum Gasteiger partial charge on any atom is 0.324 e. The molecule has 27 heavy (non-hydrogen) atoms. The molecule has 2 aromatic heterocycles. The van der Waals surface area contributed by atoms with Gasteiger partial charge in [-0.1, -0.05) is 13.0 Å². The van der Waals surface area contributed by atoms with Crippen molar-refractivity contribution in [2.75, 3.05) is 10.6 Å². The van der Waals surface area contributed by atoms with E-state index in [0.29, 0.717) is 29.3 Å². The molecule has 0 atom stereocenters. The summed E-state index contributed by atoms with van der Waals surface area (Å²) in [6.07, 6.45) is 0.618. The number of aryl methyl sites for hydroxylation is 4. The summed E-state index contributed by atoms with van der Waals surface area (Å²) in [5, 5.41) is 9.88. The van der Waals surface area contributed by atoms with Crippen LogP contribution in [0.3, 0.4) is 0 Å². The first-order valence-corrected chi connectivity index (χ1v) is 8.68. The van der Waals surface area contributed by atoms with Crippen molar-refractivity contribution < 1.29 is 4.79 Å². The Hall–Kier alpha value is -3.42.